The molecule has 100 valence electrons. The summed E-state index contributed by atoms with van der Waals surface area (Å²) in [7, 11) is 2.00. The van der Waals surface area contributed by atoms with Crippen LogP contribution in [0.3, 0.4) is 0 Å². The maximum atomic E-state index is 6.01. The lowest BCUT2D eigenvalue weighted by Crippen LogP contribution is -2.39. The lowest BCUT2D eigenvalue weighted by Gasteiger charge is -2.34. The van der Waals surface area contributed by atoms with E-state index >= 15 is 0 Å². The number of pyridine rings is 1. The summed E-state index contributed by atoms with van der Waals surface area (Å²) >= 11 is 0. The summed E-state index contributed by atoms with van der Waals surface area (Å²) in [6, 6.07) is 8.58. The van der Waals surface area contributed by atoms with Crippen molar-refractivity contribution in [2.75, 3.05) is 13.7 Å². The molecule has 2 heterocycles. The van der Waals surface area contributed by atoms with Crippen molar-refractivity contribution in [2.24, 2.45) is 0 Å². The monoisotopic (exact) mass is 256 g/mol. The Morgan fingerprint density at radius 1 is 1.32 bits per heavy atom. The molecule has 0 spiro atoms. The Kier molecular flexibility index (Phi) is 3.25. The topological polar surface area (TPSA) is 34.2 Å². The van der Waals surface area contributed by atoms with E-state index in [4.69, 9.17) is 4.74 Å². The highest BCUT2D eigenvalue weighted by Gasteiger charge is 2.39. The third kappa shape index (κ3) is 2.13. The molecule has 0 aliphatic carbocycles. The summed E-state index contributed by atoms with van der Waals surface area (Å²) in [4.78, 5) is 4.39. The quantitative estimate of drug-likeness (QED) is 0.916. The van der Waals surface area contributed by atoms with Gasteiger partial charge in [-0.2, -0.15) is 0 Å². The zero-order valence-corrected chi connectivity index (χ0v) is 11.5. The van der Waals surface area contributed by atoms with Crippen molar-refractivity contribution in [2.45, 2.75) is 31.4 Å². The molecular weight excluding hydrogens is 236 g/mol. The number of hydrogen-bond acceptors (Lipinski definition) is 3. The number of hydrogen-bond donors (Lipinski definition) is 1. The molecule has 1 aliphatic heterocycles. The van der Waals surface area contributed by atoms with Gasteiger partial charge in [0.1, 0.15) is 0 Å². The Morgan fingerprint density at radius 2 is 2.16 bits per heavy atom. The number of nitrogens with zero attached hydrogens (tertiary/aromatic N) is 1. The highest BCUT2D eigenvalue weighted by molar-refractivity contribution is 5.85. The van der Waals surface area contributed by atoms with E-state index in [9.17, 15) is 0 Å². The molecule has 3 heteroatoms. The molecule has 2 unspecified atom stereocenters. The number of rotatable bonds is 3. The second-order valence-electron chi connectivity index (χ2n) is 5.44. The minimum absolute atomic E-state index is 0.138. The molecule has 19 heavy (non-hydrogen) atoms. The van der Waals surface area contributed by atoms with Gasteiger partial charge < -0.3 is 10.1 Å². The lowest BCUT2D eigenvalue weighted by molar-refractivity contribution is -0.0101. The Morgan fingerprint density at radius 3 is 2.89 bits per heavy atom. The van der Waals surface area contributed by atoms with Gasteiger partial charge in [0.05, 0.1) is 11.6 Å². The van der Waals surface area contributed by atoms with Crippen LogP contribution in [0.25, 0.3) is 10.8 Å². The first-order valence-corrected chi connectivity index (χ1v) is 6.88. The standard InChI is InChI=1S/C16H20N2O/c1-16(8-5-9-19-16)15(17-2)14-11-18-10-12-6-3-4-7-13(12)14/h3-4,6-7,10-11,15,17H,5,8-9H2,1-2H3. The number of fused-ring (bicyclic) bond motifs is 1. The van der Waals surface area contributed by atoms with Crippen LogP contribution in [0.15, 0.2) is 36.7 Å². The van der Waals surface area contributed by atoms with Crippen LogP contribution in [0.2, 0.25) is 0 Å². The maximum Gasteiger partial charge on any atom is 0.0849 e. The minimum atomic E-state index is -0.138. The summed E-state index contributed by atoms with van der Waals surface area (Å²) in [5, 5.41) is 5.87. The molecule has 2 aromatic rings. The second-order valence-corrected chi connectivity index (χ2v) is 5.44. The number of nitrogens with one attached hydrogen (secondary N) is 1. The fraction of sp³-hybridized carbons (Fsp3) is 0.438. The first kappa shape index (κ1) is 12.6. The Hall–Kier alpha value is -1.45. The fourth-order valence-corrected chi connectivity index (χ4v) is 3.19. The fourth-order valence-electron chi connectivity index (χ4n) is 3.19. The van der Waals surface area contributed by atoms with Crippen molar-refractivity contribution in [1.82, 2.24) is 10.3 Å². The van der Waals surface area contributed by atoms with Crippen LogP contribution in [0, 0.1) is 0 Å². The van der Waals surface area contributed by atoms with E-state index in [1.807, 2.05) is 19.4 Å². The highest BCUT2D eigenvalue weighted by Crippen LogP contribution is 2.39. The van der Waals surface area contributed by atoms with Crippen LogP contribution < -0.4 is 5.32 Å². The lowest BCUT2D eigenvalue weighted by atomic mass is 9.86. The van der Waals surface area contributed by atoms with Gasteiger partial charge >= 0.3 is 0 Å². The summed E-state index contributed by atoms with van der Waals surface area (Å²) in [6.07, 6.45) is 6.11. The second kappa shape index (κ2) is 4.91. The maximum absolute atomic E-state index is 6.01. The molecule has 1 aliphatic rings. The molecule has 2 atom stereocenters. The van der Waals surface area contributed by atoms with Gasteiger partial charge in [0.15, 0.2) is 0 Å². The van der Waals surface area contributed by atoms with Gasteiger partial charge in [-0.1, -0.05) is 24.3 Å². The van der Waals surface area contributed by atoms with Crippen LogP contribution in [-0.2, 0) is 4.74 Å². The highest BCUT2D eigenvalue weighted by atomic mass is 16.5. The molecular formula is C16H20N2O. The SMILES string of the molecule is CNC(c1cncc2ccccc12)C1(C)CCCO1. The Labute approximate surface area is 114 Å². The van der Waals surface area contributed by atoms with E-state index in [0.717, 1.165) is 19.4 Å². The van der Waals surface area contributed by atoms with Crippen LogP contribution in [0.4, 0.5) is 0 Å². The number of likely N-dealkylation sites (N-methyl/N-ethyl adjacent to an activating group) is 1. The van der Waals surface area contributed by atoms with E-state index in [1.165, 1.54) is 16.3 Å². The summed E-state index contributed by atoms with van der Waals surface area (Å²) in [6.45, 7) is 3.05. The van der Waals surface area contributed by atoms with E-state index < -0.39 is 0 Å². The van der Waals surface area contributed by atoms with Gasteiger partial charge in [0.2, 0.25) is 0 Å². The number of benzene rings is 1. The first-order chi connectivity index (χ1) is 9.24. The molecule has 0 saturated carbocycles. The zero-order valence-electron chi connectivity index (χ0n) is 11.5. The van der Waals surface area contributed by atoms with Crippen LogP contribution >= 0.6 is 0 Å². The predicted octanol–water partition coefficient (Wildman–Crippen LogP) is 3.06. The van der Waals surface area contributed by atoms with Gasteiger partial charge in [-0.3, -0.25) is 4.98 Å². The normalized spacial score (nSPS) is 24.7. The Bertz CT molecular complexity index is 570. The molecule has 0 bridgehead atoms. The number of ether oxygens (including phenoxy) is 1. The summed E-state index contributed by atoms with van der Waals surface area (Å²) in [5.74, 6) is 0. The molecule has 3 nitrogen and oxygen atoms in total. The number of aromatic nitrogens is 1. The largest absolute Gasteiger partial charge is 0.373 e. The van der Waals surface area contributed by atoms with Crippen molar-refractivity contribution in [1.29, 1.82) is 0 Å². The zero-order chi connectivity index (χ0) is 13.3. The van der Waals surface area contributed by atoms with Crippen molar-refractivity contribution in [3.63, 3.8) is 0 Å². The van der Waals surface area contributed by atoms with Crippen LogP contribution in [-0.4, -0.2) is 24.2 Å². The van der Waals surface area contributed by atoms with Gasteiger partial charge in [0.25, 0.3) is 0 Å². The molecule has 0 amide bonds. The van der Waals surface area contributed by atoms with E-state index in [2.05, 4.69) is 41.5 Å². The molecule has 1 aromatic heterocycles. The van der Waals surface area contributed by atoms with Crippen molar-refractivity contribution in [3.05, 3.63) is 42.2 Å². The van der Waals surface area contributed by atoms with Gasteiger partial charge in [-0.15, -0.1) is 0 Å². The van der Waals surface area contributed by atoms with E-state index in [1.54, 1.807) is 0 Å². The summed E-state index contributed by atoms with van der Waals surface area (Å²) in [5.41, 5.74) is 1.09. The van der Waals surface area contributed by atoms with E-state index in [0.29, 0.717) is 0 Å². The third-order valence-corrected chi connectivity index (χ3v) is 4.16. The van der Waals surface area contributed by atoms with Crippen molar-refractivity contribution in [3.8, 4) is 0 Å². The van der Waals surface area contributed by atoms with Gasteiger partial charge in [0, 0.05) is 24.4 Å². The Balaban J connectivity index is 2.11. The molecule has 1 N–H and O–H groups in total. The smallest absolute Gasteiger partial charge is 0.0849 e. The molecule has 3 rings (SSSR count). The molecule has 1 fully saturated rings. The molecule has 1 saturated heterocycles. The van der Waals surface area contributed by atoms with Crippen molar-refractivity contribution >= 4 is 10.8 Å². The van der Waals surface area contributed by atoms with Crippen molar-refractivity contribution < 1.29 is 4.74 Å². The molecule has 0 radical (unpaired) electrons. The van der Waals surface area contributed by atoms with Crippen LogP contribution in [0.1, 0.15) is 31.4 Å². The average Bonchev–Trinajstić information content (AvgIpc) is 2.87. The van der Waals surface area contributed by atoms with Crippen LogP contribution in [0.5, 0.6) is 0 Å². The van der Waals surface area contributed by atoms with Gasteiger partial charge in [-0.05, 0) is 37.8 Å². The summed E-state index contributed by atoms with van der Waals surface area (Å²) < 4.78 is 6.01. The molecule has 1 aromatic carbocycles. The first-order valence-electron chi connectivity index (χ1n) is 6.88. The van der Waals surface area contributed by atoms with Gasteiger partial charge in [-0.25, -0.2) is 0 Å². The minimum Gasteiger partial charge on any atom is -0.373 e. The third-order valence-electron chi connectivity index (χ3n) is 4.16. The average molecular weight is 256 g/mol. The predicted molar refractivity (Wildman–Crippen MR) is 77.1 cm³/mol. The van der Waals surface area contributed by atoms with E-state index in [-0.39, 0.29) is 11.6 Å².